The highest BCUT2D eigenvalue weighted by Crippen LogP contribution is 2.28. The van der Waals surface area contributed by atoms with Crippen LogP contribution in [-0.2, 0) is 11.3 Å². The number of hydrogen-bond donors (Lipinski definition) is 0. The van der Waals surface area contributed by atoms with Crippen molar-refractivity contribution in [2.45, 2.75) is 32.6 Å². The van der Waals surface area contributed by atoms with Crippen molar-refractivity contribution >= 4 is 16.5 Å². The quantitative estimate of drug-likeness (QED) is 0.606. The lowest BCUT2D eigenvalue weighted by Gasteiger charge is -2.25. The van der Waals surface area contributed by atoms with Gasteiger partial charge in [-0.05, 0) is 26.2 Å². The van der Waals surface area contributed by atoms with Crippen LogP contribution in [0.1, 0.15) is 29.8 Å². The minimum absolute atomic E-state index is 0.107. The summed E-state index contributed by atoms with van der Waals surface area (Å²) in [5.74, 6) is 0. The van der Waals surface area contributed by atoms with E-state index in [2.05, 4.69) is 14.7 Å². The first-order valence-electron chi connectivity index (χ1n) is 6.15. The van der Waals surface area contributed by atoms with Crippen LogP contribution in [0.25, 0.3) is 0 Å². The third kappa shape index (κ3) is 3.32. The van der Waals surface area contributed by atoms with E-state index in [-0.39, 0.29) is 6.61 Å². The molecule has 0 bridgehead atoms. The topological polar surface area (TPSA) is 68.5 Å². The molecular weight excluding hydrogens is 254 g/mol. The zero-order valence-corrected chi connectivity index (χ0v) is 11.2. The summed E-state index contributed by atoms with van der Waals surface area (Å²) >= 11 is 1.63. The van der Waals surface area contributed by atoms with Crippen LogP contribution in [0.4, 0.5) is 5.13 Å². The molecule has 7 heteroatoms. The summed E-state index contributed by atoms with van der Waals surface area (Å²) in [6, 6.07) is 0. The van der Waals surface area contributed by atoms with Crippen molar-refractivity contribution in [1.29, 1.82) is 0 Å². The lowest BCUT2D eigenvalue weighted by Crippen LogP contribution is -2.29. The summed E-state index contributed by atoms with van der Waals surface area (Å²) < 4.78 is 0. The molecule has 1 saturated heterocycles. The summed E-state index contributed by atoms with van der Waals surface area (Å²) in [5.41, 5.74) is 0.965. The van der Waals surface area contributed by atoms with Crippen LogP contribution >= 0.6 is 11.3 Å². The van der Waals surface area contributed by atoms with E-state index in [1.807, 2.05) is 6.92 Å². The van der Waals surface area contributed by atoms with E-state index >= 15 is 0 Å². The molecular formula is C11H17N3O3S. The second-order valence-corrected chi connectivity index (χ2v) is 5.42. The first kappa shape index (κ1) is 13.1. The number of aryl methyl sites for hydroxylation is 1. The van der Waals surface area contributed by atoms with Gasteiger partial charge >= 0.3 is 0 Å². The molecule has 0 saturated carbocycles. The zero-order valence-electron chi connectivity index (χ0n) is 10.4. The van der Waals surface area contributed by atoms with Gasteiger partial charge in [0.15, 0.2) is 5.13 Å². The number of rotatable bonds is 5. The van der Waals surface area contributed by atoms with Gasteiger partial charge in [-0.2, -0.15) is 0 Å². The molecule has 18 heavy (non-hydrogen) atoms. The first-order valence-corrected chi connectivity index (χ1v) is 6.97. The SMILES string of the molecule is Cc1nc(N2CCCCC2)sc1CCO[N+](=O)[O-]. The van der Waals surface area contributed by atoms with Crippen molar-refractivity contribution in [3.05, 3.63) is 20.7 Å². The van der Waals surface area contributed by atoms with Gasteiger partial charge in [0.1, 0.15) is 6.61 Å². The molecule has 1 aromatic rings. The molecule has 0 aliphatic carbocycles. The Morgan fingerprint density at radius 1 is 1.44 bits per heavy atom. The van der Waals surface area contributed by atoms with Gasteiger partial charge < -0.3 is 9.74 Å². The Hall–Kier alpha value is -1.37. The van der Waals surface area contributed by atoms with Gasteiger partial charge in [0.05, 0.1) is 5.69 Å². The van der Waals surface area contributed by atoms with Gasteiger partial charge in [-0.15, -0.1) is 21.5 Å². The fourth-order valence-electron chi connectivity index (χ4n) is 2.08. The molecule has 0 amide bonds. The van der Waals surface area contributed by atoms with Gasteiger partial charge in [0.2, 0.25) is 0 Å². The van der Waals surface area contributed by atoms with Crippen LogP contribution in [0, 0.1) is 17.0 Å². The summed E-state index contributed by atoms with van der Waals surface area (Å²) in [6.45, 7) is 4.19. The monoisotopic (exact) mass is 271 g/mol. The van der Waals surface area contributed by atoms with Crippen LogP contribution < -0.4 is 4.90 Å². The normalized spacial score (nSPS) is 15.7. The van der Waals surface area contributed by atoms with Gasteiger partial charge in [0, 0.05) is 24.4 Å². The number of thiazole rings is 1. The Kier molecular flexibility index (Phi) is 4.35. The second kappa shape index (κ2) is 5.99. The van der Waals surface area contributed by atoms with Crippen molar-refractivity contribution in [3.63, 3.8) is 0 Å². The molecule has 0 atom stereocenters. The van der Waals surface area contributed by atoms with Crippen molar-refractivity contribution in [3.8, 4) is 0 Å². The van der Waals surface area contributed by atoms with Gasteiger partial charge in [-0.25, -0.2) is 4.98 Å². The predicted molar refractivity (Wildman–Crippen MR) is 69.6 cm³/mol. The first-order chi connectivity index (χ1) is 8.66. The van der Waals surface area contributed by atoms with Gasteiger partial charge in [-0.3, -0.25) is 0 Å². The number of piperidine rings is 1. The smallest absolute Gasteiger partial charge is 0.294 e. The average Bonchev–Trinajstić information content (AvgIpc) is 2.72. The Balaban J connectivity index is 1.95. The average molecular weight is 271 g/mol. The number of aromatic nitrogens is 1. The molecule has 0 aromatic carbocycles. The van der Waals surface area contributed by atoms with Crippen LogP contribution in [0.15, 0.2) is 0 Å². The van der Waals surface area contributed by atoms with E-state index in [0.29, 0.717) is 6.42 Å². The summed E-state index contributed by atoms with van der Waals surface area (Å²) in [7, 11) is 0. The largest absolute Gasteiger partial charge is 0.348 e. The van der Waals surface area contributed by atoms with Crippen molar-refractivity contribution < 1.29 is 9.92 Å². The molecule has 0 spiro atoms. The highest BCUT2D eigenvalue weighted by Gasteiger charge is 2.16. The van der Waals surface area contributed by atoms with E-state index in [9.17, 15) is 10.1 Å². The van der Waals surface area contributed by atoms with Crippen LogP contribution in [0.2, 0.25) is 0 Å². The molecule has 6 nitrogen and oxygen atoms in total. The second-order valence-electron chi connectivity index (χ2n) is 4.36. The molecule has 1 fully saturated rings. The van der Waals surface area contributed by atoms with Crippen molar-refractivity contribution in [1.82, 2.24) is 4.98 Å². The molecule has 1 aliphatic heterocycles. The van der Waals surface area contributed by atoms with Crippen LogP contribution in [0.5, 0.6) is 0 Å². The Morgan fingerprint density at radius 3 is 2.83 bits per heavy atom. The van der Waals surface area contributed by atoms with E-state index in [4.69, 9.17) is 0 Å². The van der Waals surface area contributed by atoms with E-state index in [1.165, 1.54) is 19.3 Å². The molecule has 1 aromatic heterocycles. The standard InChI is InChI=1S/C11H17N3O3S/c1-9-10(5-8-17-14(15)16)18-11(12-9)13-6-3-2-4-7-13/h2-8H2,1H3. The molecule has 100 valence electrons. The molecule has 0 N–H and O–H groups in total. The highest BCUT2D eigenvalue weighted by atomic mass is 32.1. The lowest BCUT2D eigenvalue weighted by molar-refractivity contribution is -0.757. The Bertz CT molecular complexity index is 416. The number of anilines is 1. The minimum atomic E-state index is -0.748. The molecule has 2 heterocycles. The maximum Gasteiger partial charge on any atom is 0.294 e. The van der Waals surface area contributed by atoms with E-state index < -0.39 is 5.09 Å². The Morgan fingerprint density at radius 2 is 2.17 bits per heavy atom. The summed E-state index contributed by atoms with van der Waals surface area (Å²) in [4.78, 5) is 22.4. The maximum absolute atomic E-state index is 10.1. The Labute approximate surface area is 110 Å². The number of nitrogens with zero attached hydrogens (tertiary/aromatic N) is 3. The molecule has 1 aliphatic rings. The summed E-state index contributed by atoms with van der Waals surface area (Å²) in [6.07, 6.45) is 4.29. The zero-order chi connectivity index (χ0) is 13.0. The third-order valence-electron chi connectivity index (χ3n) is 3.03. The van der Waals surface area contributed by atoms with E-state index in [1.54, 1.807) is 11.3 Å². The number of hydrogen-bond acceptors (Lipinski definition) is 6. The van der Waals surface area contributed by atoms with E-state index in [0.717, 1.165) is 28.8 Å². The van der Waals surface area contributed by atoms with Crippen molar-refractivity contribution in [2.75, 3.05) is 24.6 Å². The maximum atomic E-state index is 10.1. The van der Waals surface area contributed by atoms with Gasteiger partial charge in [-0.1, -0.05) is 0 Å². The highest BCUT2D eigenvalue weighted by molar-refractivity contribution is 7.15. The van der Waals surface area contributed by atoms with Crippen molar-refractivity contribution in [2.24, 2.45) is 0 Å². The molecule has 0 radical (unpaired) electrons. The van der Waals surface area contributed by atoms with Crippen LogP contribution in [0.3, 0.4) is 0 Å². The fourth-order valence-corrected chi connectivity index (χ4v) is 3.17. The molecule has 0 unspecified atom stereocenters. The lowest BCUT2D eigenvalue weighted by atomic mass is 10.1. The summed E-state index contributed by atoms with van der Waals surface area (Å²) in [5, 5.41) is 10.4. The molecule has 2 rings (SSSR count). The minimum Gasteiger partial charge on any atom is -0.348 e. The third-order valence-corrected chi connectivity index (χ3v) is 4.31. The predicted octanol–water partition coefficient (Wildman–Crippen LogP) is 2.19. The van der Waals surface area contributed by atoms with Crippen LogP contribution in [-0.4, -0.2) is 29.8 Å². The fraction of sp³-hybridized carbons (Fsp3) is 0.727. The van der Waals surface area contributed by atoms with Gasteiger partial charge in [0.25, 0.3) is 5.09 Å².